The Hall–Kier alpha value is -2.24. The highest BCUT2D eigenvalue weighted by molar-refractivity contribution is 7.91. The van der Waals surface area contributed by atoms with Crippen LogP contribution in [0, 0.1) is 11.8 Å². The van der Waals surface area contributed by atoms with Gasteiger partial charge >= 0.3 is 0 Å². The van der Waals surface area contributed by atoms with E-state index in [0.717, 1.165) is 31.4 Å². The minimum Gasteiger partial charge on any atom is -0.356 e. The third-order valence-electron chi connectivity index (χ3n) is 6.52. The van der Waals surface area contributed by atoms with E-state index in [0.29, 0.717) is 38.9 Å². The molecule has 2 fully saturated rings. The van der Waals surface area contributed by atoms with E-state index < -0.39 is 27.9 Å². The summed E-state index contributed by atoms with van der Waals surface area (Å²) in [7, 11) is -3.74. The molecule has 3 N–H and O–H groups in total. The van der Waals surface area contributed by atoms with Gasteiger partial charge in [0.15, 0.2) is 0 Å². The van der Waals surface area contributed by atoms with E-state index in [1.54, 1.807) is 30.0 Å². The van der Waals surface area contributed by atoms with E-state index in [4.69, 9.17) is 0 Å². The van der Waals surface area contributed by atoms with Crippen molar-refractivity contribution in [1.29, 1.82) is 0 Å². The minimum atomic E-state index is -3.74. The Labute approximate surface area is 198 Å². The summed E-state index contributed by atoms with van der Waals surface area (Å²) in [6.45, 7) is 1.40. The molecule has 0 radical (unpaired) electrons. The quantitative estimate of drug-likeness (QED) is 0.567. The number of hydrogen-bond acceptors (Lipinski definition) is 6. The van der Waals surface area contributed by atoms with Crippen molar-refractivity contribution in [2.24, 2.45) is 11.8 Å². The second-order valence-electron chi connectivity index (χ2n) is 8.71. The lowest BCUT2D eigenvalue weighted by molar-refractivity contribution is -0.126. The van der Waals surface area contributed by atoms with Crippen molar-refractivity contribution in [3.63, 3.8) is 0 Å². The van der Waals surface area contributed by atoms with E-state index in [-0.39, 0.29) is 16.0 Å². The number of aromatic nitrogens is 2. The van der Waals surface area contributed by atoms with Gasteiger partial charge in [-0.1, -0.05) is 18.9 Å². The number of carbonyl (C=O) groups excluding carboxylic acids is 2. The summed E-state index contributed by atoms with van der Waals surface area (Å²) in [5, 5.41) is 7.67. The van der Waals surface area contributed by atoms with Crippen LogP contribution in [0.3, 0.4) is 0 Å². The zero-order chi connectivity index (χ0) is 23.3. The fourth-order valence-corrected chi connectivity index (χ4v) is 7.62. The summed E-state index contributed by atoms with van der Waals surface area (Å²) in [5.41, 5.74) is 0.930. The number of carbonyl (C=O) groups is 2. The summed E-state index contributed by atoms with van der Waals surface area (Å²) in [6.07, 6.45) is 8.10. The van der Waals surface area contributed by atoms with Crippen LogP contribution in [0.15, 0.2) is 34.2 Å². The van der Waals surface area contributed by atoms with Crippen molar-refractivity contribution < 1.29 is 18.0 Å². The van der Waals surface area contributed by atoms with E-state index in [1.807, 2.05) is 0 Å². The zero-order valence-electron chi connectivity index (χ0n) is 18.5. The molecule has 2 aliphatic rings. The van der Waals surface area contributed by atoms with Gasteiger partial charge in [0, 0.05) is 49.9 Å². The highest BCUT2D eigenvalue weighted by Crippen LogP contribution is 2.38. The van der Waals surface area contributed by atoms with Crippen LogP contribution < -0.4 is 10.6 Å². The fourth-order valence-electron chi connectivity index (χ4n) is 4.79. The van der Waals surface area contributed by atoms with Crippen LogP contribution in [0.1, 0.15) is 44.2 Å². The summed E-state index contributed by atoms with van der Waals surface area (Å²) in [6, 6.07) is 2.80. The van der Waals surface area contributed by atoms with E-state index in [9.17, 15) is 18.0 Å². The number of hydrogen-bond donors (Lipinski definition) is 3. The van der Waals surface area contributed by atoms with Crippen molar-refractivity contribution >= 4 is 33.2 Å². The molecule has 1 saturated heterocycles. The predicted molar refractivity (Wildman–Crippen MR) is 125 cm³/mol. The highest BCUT2D eigenvalue weighted by atomic mass is 32.2. The Morgan fingerprint density at radius 2 is 2.09 bits per heavy atom. The average Bonchev–Trinajstić information content (AvgIpc) is 3.56. The van der Waals surface area contributed by atoms with Gasteiger partial charge in [-0.05, 0) is 37.1 Å². The number of imidazole rings is 1. The smallest absolute Gasteiger partial charge is 0.252 e. The maximum atomic E-state index is 13.5. The molecule has 33 heavy (non-hydrogen) atoms. The molecule has 1 aliphatic carbocycles. The molecule has 2 amide bonds. The molecule has 1 saturated carbocycles. The van der Waals surface area contributed by atoms with Crippen molar-refractivity contribution in [3.8, 4) is 0 Å². The largest absolute Gasteiger partial charge is 0.356 e. The lowest BCUT2D eigenvalue weighted by Gasteiger charge is -2.31. The molecule has 11 heteroatoms. The number of rotatable bonds is 6. The summed E-state index contributed by atoms with van der Waals surface area (Å²) in [4.78, 5) is 33.0. The van der Waals surface area contributed by atoms with Crippen LogP contribution in [-0.2, 0) is 26.0 Å². The maximum Gasteiger partial charge on any atom is 0.252 e. The van der Waals surface area contributed by atoms with Gasteiger partial charge in [-0.2, -0.15) is 4.31 Å². The Morgan fingerprint density at radius 3 is 2.85 bits per heavy atom. The molecule has 1 aliphatic heterocycles. The number of H-pyrrole nitrogens is 1. The third-order valence-corrected chi connectivity index (χ3v) is 9.81. The lowest BCUT2D eigenvalue weighted by Crippen LogP contribution is -2.47. The Bertz CT molecular complexity index is 1020. The monoisotopic (exact) mass is 493 g/mol. The number of thiophene rings is 1. The van der Waals surface area contributed by atoms with Crippen molar-refractivity contribution in [2.45, 2.75) is 55.2 Å². The maximum absolute atomic E-state index is 13.5. The minimum absolute atomic E-state index is 0.129. The van der Waals surface area contributed by atoms with Gasteiger partial charge in [-0.25, -0.2) is 13.4 Å². The molecule has 3 unspecified atom stereocenters. The Kier molecular flexibility index (Phi) is 7.82. The number of nitrogens with zero attached hydrogens (tertiary/aromatic N) is 2. The molecule has 0 bridgehead atoms. The normalized spacial score (nSPS) is 25.1. The van der Waals surface area contributed by atoms with E-state index in [2.05, 4.69) is 20.6 Å². The van der Waals surface area contributed by atoms with Crippen LogP contribution in [0.25, 0.3) is 0 Å². The molecule has 9 nitrogen and oxygen atoms in total. The van der Waals surface area contributed by atoms with Gasteiger partial charge in [0.05, 0.1) is 12.2 Å². The van der Waals surface area contributed by atoms with E-state index >= 15 is 0 Å². The van der Waals surface area contributed by atoms with Gasteiger partial charge in [0.1, 0.15) is 4.21 Å². The molecule has 3 atom stereocenters. The molecule has 2 aromatic rings. The second kappa shape index (κ2) is 10.8. The second-order valence-corrected chi connectivity index (χ2v) is 11.8. The summed E-state index contributed by atoms with van der Waals surface area (Å²) in [5.74, 6) is -1.23. The van der Waals surface area contributed by atoms with Gasteiger partial charge < -0.3 is 15.6 Å². The third kappa shape index (κ3) is 5.64. The van der Waals surface area contributed by atoms with Gasteiger partial charge in [0.25, 0.3) is 10.0 Å². The zero-order valence-corrected chi connectivity index (χ0v) is 20.2. The SMILES string of the molecule is O=C(NCCc1cnc[nH]1)C1CC2C(=O)NCCCCCCN(S(=O)(=O)c3cccs3)C2C1. The Balaban J connectivity index is 1.53. The van der Waals surface area contributed by atoms with E-state index in [1.165, 1.54) is 15.6 Å². The first-order chi connectivity index (χ1) is 16.0. The molecule has 180 valence electrons. The topological polar surface area (TPSA) is 124 Å². The summed E-state index contributed by atoms with van der Waals surface area (Å²) < 4.78 is 28.8. The first kappa shape index (κ1) is 23.9. The summed E-state index contributed by atoms with van der Waals surface area (Å²) >= 11 is 1.18. The number of aromatic amines is 1. The number of amides is 2. The van der Waals surface area contributed by atoms with Crippen molar-refractivity contribution in [2.75, 3.05) is 19.6 Å². The number of fused-ring (bicyclic) bond motifs is 1. The van der Waals surface area contributed by atoms with Gasteiger partial charge in [-0.15, -0.1) is 11.3 Å². The Morgan fingerprint density at radius 1 is 1.24 bits per heavy atom. The molecular weight excluding hydrogens is 462 g/mol. The highest BCUT2D eigenvalue weighted by Gasteiger charge is 2.47. The van der Waals surface area contributed by atoms with Crippen molar-refractivity contribution in [3.05, 3.63) is 35.7 Å². The lowest BCUT2D eigenvalue weighted by atomic mass is 10.0. The fraction of sp³-hybridized carbons (Fsp3) is 0.591. The predicted octanol–water partition coefficient (Wildman–Crippen LogP) is 1.91. The van der Waals surface area contributed by atoms with Crippen LogP contribution in [-0.4, -0.2) is 60.2 Å². The molecule has 0 aromatic carbocycles. The molecular formula is C22H31N5O4S2. The standard InChI is InChI=1S/C22H31N5O4S2/c28-21(25-9-7-17-14-23-15-26-17)16-12-18-19(13-16)27(33(30,31)20-6-5-11-32-20)10-4-2-1-3-8-24-22(18)29/h5-6,11,14-16,18-19H,1-4,7-10,12-13H2,(H,23,26)(H,24,29)(H,25,28). The van der Waals surface area contributed by atoms with Crippen LogP contribution >= 0.6 is 11.3 Å². The molecule has 0 spiro atoms. The van der Waals surface area contributed by atoms with Crippen LogP contribution in [0.4, 0.5) is 0 Å². The average molecular weight is 494 g/mol. The molecule has 3 heterocycles. The number of sulfonamides is 1. The van der Waals surface area contributed by atoms with Crippen LogP contribution in [0.5, 0.6) is 0 Å². The molecule has 4 rings (SSSR count). The number of nitrogens with one attached hydrogen (secondary N) is 3. The van der Waals surface area contributed by atoms with Gasteiger partial charge in [0.2, 0.25) is 11.8 Å². The van der Waals surface area contributed by atoms with Crippen molar-refractivity contribution in [1.82, 2.24) is 24.9 Å². The van der Waals surface area contributed by atoms with Gasteiger partial charge in [-0.3, -0.25) is 9.59 Å². The first-order valence-corrected chi connectivity index (χ1v) is 13.9. The molecule has 2 aromatic heterocycles. The first-order valence-electron chi connectivity index (χ1n) is 11.5. The van der Waals surface area contributed by atoms with Crippen LogP contribution in [0.2, 0.25) is 0 Å².